The van der Waals surface area contributed by atoms with E-state index >= 15 is 0 Å². The summed E-state index contributed by atoms with van der Waals surface area (Å²) in [5, 5.41) is 12.2. The fourth-order valence-electron chi connectivity index (χ4n) is 2.44. The molecule has 0 saturated heterocycles. The molecule has 1 aromatic carbocycles. The van der Waals surface area contributed by atoms with Crippen LogP contribution in [0.25, 0.3) is 11.1 Å². The van der Waals surface area contributed by atoms with Gasteiger partial charge in [0.15, 0.2) is 11.5 Å². The molecule has 1 saturated carbocycles. The minimum absolute atomic E-state index is 0.0931. The number of nitrogens with zero attached hydrogens (tertiary/aromatic N) is 1. The summed E-state index contributed by atoms with van der Waals surface area (Å²) in [5.74, 6) is 0.491. The van der Waals surface area contributed by atoms with E-state index < -0.39 is 5.41 Å². The molecule has 5 heteroatoms. The van der Waals surface area contributed by atoms with E-state index in [2.05, 4.69) is 10.3 Å². The predicted molar refractivity (Wildman–Crippen MR) is 70.7 cm³/mol. The number of nitrogens with one attached hydrogen (secondary N) is 1. The van der Waals surface area contributed by atoms with Crippen LogP contribution in [0.1, 0.15) is 25.2 Å². The van der Waals surface area contributed by atoms with E-state index in [0.717, 1.165) is 24.8 Å². The Labute approximate surface area is 110 Å². The molecule has 0 bridgehead atoms. The van der Waals surface area contributed by atoms with Crippen LogP contribution in [0.15, 0.2) is 22.6 Å². The summed E-state index contributed by atoms with van der Waals surface area (Å²) in [6.45, 7) is 1.69. The van der Waals surface area contributed by atoms with E-state index in [9.17, 15) is 9.90 Å². The molecule has 2 aromatic rings. The van der Waals surface area contributed by atoms with Crippen molar-refractivity contribution >= 4 is 22.7 Å². The first-order valence-electron chi connectivity index (χ1n) is 6.42. The van der Waals surface area contributed by atoms with Gasteiger partial charge in [-0.1, -0.05) is 6.42 Å². The van der Waals surface area contributed by atoms with Gasteiger partial charge in [-0.05, 0) is 31.0 Å². The molecule has 1 aliphatic carbocycles. The molecule has 0 unspecified atom stereocenters. The number of carbonyl (C=O) groups is 1. The van der Waals surface area contributed by atoms with Gasteiger partial charge >= 0.3 is 0 Å². The number of fused-ring (bicyclic) bond motifs is 1. The van der Waals surface area contributed by atoms with E-state index in [4.69, 9.17) is 4.42 Å². The number of benzene rings is 1. The number of carbonyl (C=O) groups excluding carboxylic acids is 1. The minimum Gasteiger partial charge on any atom is -0.441 e. The maximum absolute atomic E-state index is 12.2. The molecule has 3 rings (SSSR count). The molecule has 0 atom stereocenters. The lowest BCUT2D eigenvalue weighted by Crippen LogP contribution is -2.44. The summed E-state index contributed by atoms with van der Waals surface area (Å²) in [6, 6.07) is 5.36. The third kappa shape index (κ3) is 2.00. The van der Waals surface area contributed by atoms with E-state index in [-0.39, 0.29) is 12.5 Å². The van der Waals surface area contributed by atoms with Crippen LogP contribution >= 0.6 is 0 Å². The Morgan fingerprint density at radius 3 is 2.95 bits per heavy atom. The molecule has 1 aliphatic rings. The smallest absolute Gasteiger partial charge is 0.232 e. The molecule has 19 heavy (non-hydrogen) atoms. The third-order valence-corrected chi connectivity index (χ3v) is 3.85. The van der Waals surface area contributed by atoms with Crippen molar-refractivity contribution in [2.75, 3.05) is 11.9 Å². The van der Waals surface area contributed by atoms with Gasteiger partial charge in [0, 0.05) is 12.6 Å². The summed E-state index contributed by atoms with van der Waals surface area (Å²) in [7, 11) is 0. The quantitative estimate of drug-likeness (QED) is 0.887. The fraction of sp³-hybridized carbons (Fsp3) is 0.429. The summed E-state index contributed by atoms with van der Waals surface area (Å²) < 4.78 is 5.38. The zero-order valence-corrected chi connectivity index (χ0v) is 10.8. The normalized spacial score (nSPS) is 17.2. The molecule has 1 aromatic heterocycles. The van der Waals surface area contributed by atoms with E-state index in [1.54, 1.807) is 25.1 Å². The SMILES string of the molecule is Cc1nc2cc(NC(=O)C3(CO)CCC3)ccc2o1. The second-order valence-corrected chi connectivity index (χ2v) is 5.16. The molecule has 1 amide bonds. The Morgan fingerprint density at radius 2 is 2.32 bits per heavy atom. The second kappa shape index (κ2) is 4.35. The maximum Gasteiger partial charge on any atom is 0.232 e. The van der Waals surface area contributed by atoms with Crippen molar-refractivity contribution < 1.29 is 14.3 Å². The number of aliphatic hydroxyl groups is 1. The molecular weight excluding hydrogens is 244 g/mol. The van der Waals surface area contributed by atoms with Gasteiger partial charge in [-0.2, -0.15) is 0 Å². The first kappa shape index (κ1) is 12.2. The number of amides is 1. The number of aryl methyl sites for hydroxylation is 1. The van der Waals surface area contributed by atoms with Crippen molar-refractivity contribution in [3.8, 4) is 0 Å². The van der Waals surface area contributed by atoms with Crippen molar-refractivity contribution in [2.45, 2.75) is 26.2 Å². The largest absolute Gasteiger partial charge is 0.441 e. The Hall–Kier alpha value is -1.88. The number of anilines is 1. The van der Waals surface area contributed by atoms with Gasteiger partial charge < -0.3 is 14.8 Å². The molecular formula is C14H16N2O3. The molecule has 0 spiro atoms. The van der Waals surface area contributed by atoms with Gasteiger partial charge in [-0.25, -0.2) is 4.98 Å². The van der Waals surface area contributed by atoms with Crippen LogP contribution in [0.4, 0.5) is 5.69 Å². The number of rotatable bonds is 3. The monoisotopic (exact) mass is 260 g/mol. The van der Waals surface area contributed by atoms with Gasteiger partial charge in [0.05, 0.1) is 12.0 Å². The zero-order valence-electron chi connectivity index (χ0n) is 10.8. The first-order chi connectivity index (χ1) is 9.13. The van der Waals surface area contributed by atoms with Crippen LogP contribution in [-0.4, -0.2) is 22.6 Å². The Kier molecular flexibility index (Phi) is 2.78. The number of aromatic nitrogens is 1. The Morgan fingerprint density at radius 1 is 1.53 bits per heavy atom. The molecule has 5 nitrogen and oxygen atoms in total. The highest BCUT2D eigenvalue weighted by molar-refractivity contribution is 5.97. The molecule has 100 valence electrons. The average Bonchev–Trinajstić information content (AvgIpc) is 2.67. The van der Waals surface area contributed by atoms with Crippen LogP contribution < -0.4 is 5.32 Å². The van der Waals surface area contributed by atoms with Gasteiger partial charge in [0.2, 0.25) is 5.91 Å². The Balaban J connectivity index is 1.82. The van der Waals surface area contributed by atoms with Crippen molar-refractivity contribution in [1.82, 2.24) is 4.98 Å². The van der Waals surface area contributed by atoms with Gasteiger partial charge in [-0.3, -0.25) is 4.79 Å². The topological polar surface area (TPSA) is 75.4 Å². The highest BCUT2D eigenvalue weighted by atomic mass is 16.3. The van der Waals surface area contributed by atoms with Crippen LogP contribution in [-0.2, 0) is 4.79 Å². The van der Waals surface area contributed by atoms with Crippen LogP contribution in [0.5, 0.6) is 0 Å². The molecule has 0 radical (unpaired) electrons. The van der Waals surface area contributed by atoms with Crippen LogP contribution in [0.3, 0.4) is 0 Å². The predicted octanol–water partition coefficient (Wildman–Crippen LogP) is 2.24. The second-order valence-electron chi connectivity index (χ2n) is 5.16. The summed E-state index contributed by atoms with van der Waals surface area (Å²) in [6.07, 6.45) is 2.50. The lowest BCUT2D eigenvalue weighted by Gasteiger charge is -2.38. The number of hydrogen-bond donors (Lipinski definition) is 2. The van der Waals surface area contributed by atoms with E-state index in [1.807, 2.05) is 0 Å². The molecule has 2 N–H and O–H groups in total. The standard InChI is InChI=1S/C14H16N2O3/c1-9-15-11-7-10(3-4-12(11)19-9)16-13(18)14(8-17)5-2-6-14/h3-4,7,17H,2,5-6,8H2,1H3,(H,16,18). The van der Waals surface area contributed by atoms with Crippen LogP contribution in [0.2, 0.25) is 0 Å². The number of hydrogen-bond acceptors (Lipinski definition) is 4. The van der Waals surface area contributed by atoms with Gasteiger partial charge in [0.25, 0.3) is 0 Å². The highest BCUT2D eigenvalue weighted by Gasteiger charge is 2.43. The van der Waals surface area contributed by atoms with E-state index in [0.29, 0.717) is 17.2 Å². The van der Waals surface area contributed by atoms with Crippen LogP contribution in [0, 0.1) is 12.3 Å². The first-order valence-corrected chi connectivity index (χ1v) is 6.42. The van der Waals surface area contributed by atoms with Gasteiger partial charge in [-0.15, -0.1) is 0 Å². The molecule has 1 heterocycles. The van der Waals surface area contributed by atoms with Crippen molar-refractivity contribution in [3.63, 3.8) is 0 Å². The highest BCUT2D eigenvalue weighted by Crippen LogP contribution is 2.41. The lowest BCUT2D eigenvalue weighted by molar-refractivity contribution is -0.133. The van der Waals surface area contributed by atoms with Crippen molar-refractivity contribution in [1.29, 1.82) is 0 Å². The summed E-state index contributed by atoms with van der Waals surface area (Å²) in [4.78, 5) is 16.4. The number of aliphatic hydroxyl groups excluding tert-OH is 1. The van der Waals surface area contributed by atoms with Crippen molar-refractivity contribution in [2.24, 2.45) is 5.41 Å². The molecule has 1 fully saturated rings. The van der Waals surface area contributed by atoms with Gasteiger partial charge in [0.1, 0.15) is 5.52 Å². The maximum atomic E-state index is 12.2. The summed E-state index contributed by atoms with van der Waals surface area (Å²) in [5.41, 5.74) is 1.53. The number of oxazole rings is 1. The Bertz CT molecular complexity index is 623. The fourth-order valence-corrected chi connectivity index (χ4v) is 2.44. The molecule has 0 aliphatic heterocycles. The van der Waals surface area contributed by atoms with E-state index in [1.165, 1.54) is 0 Å². The van der Waals surface area contributed by atoms with Crippen molar-refractivity contribution in [3.05, 3.63) is 24.1 Å². The average molecular weight is 260 g/mol. The minimum atomic E-state index is -0.589. The lowest BCUT2D eigenvalue weighted by atomic mass is 9.68. The summed E-state index contributed by atoms with van der Waals surface area (Å²) >= 11 is 0. The third-order valence-electron chi connectivity index (χ3n) is 3.85. The zero-order chi connectivity index (χ0) is 13.5.